The molecule has 0 unspecified atom stereocenters. The van der Waals surface area contributed by atoms with Crippen LogP contribution in [-0.2, 0) is 8.85 Å². The zero-order valence-corrected chi connectivity index (χ0v) is 13.9. The van der Waals surface area contributed by atoms with Gasteiger partial charge in [0.05, 0.1) is 24.4 Å². The molecule has 1 aliphatic heterocycles. The first-order chi connectivity index (χ1) is 8.49. The highest BCUT2D eigenvalue weighted by molar-refractivity contribution is 6.73. The van der Waals surface area contributed by atoms with Crippen LogP contribution >= 0.6 is 0 Å². The highest BCUT2D eigenvalue weighted by Crippen LogP contribution is 2.56. The molecule has 1 saturated heterocycles. The molecular formula is C15H26O3Si. The van der Waals surface area contributed by atoms with Crippen LogP contribution in [0.5, 0.6) is 0 Å². The van der Waals surface area contributed by atoms with Crippen LogP contribution in [0.25, 0.3) is 0 Å². The Labute approximate surface area is 117 Å². The van der Waals surface area contributed by atoms with E-state index < -0.39 is 14.7 Å². The van der Waals surface area contributed by atoms with E-state index >= 15 is 0 Å². The normalized spacial score (nSPS) is 30.7. The lowest BCUT2D eigenvalue weighted by Gasteiger charge is -2.52. The van der Waals surface area contributed by atoms with E-state index in [-0.39, 0.29) is 16.0 Å². The summed E-state index contributed by atoms with van der Waals surface area (Å²) in [6.45, 7) is 17.6. The van der Waals surface area contributed by atoms with Crippen molar-refractivity contribution in [1.82, 2.24) is 0 Å². The van der Waals surface area contributed by atoms with Crippen molar-refractivity contribution in [1.29, 1.82) is 0 Å². The molecule has 2 rings (SSSR count). The third kappa shape index (κ3) is 2.10. The fraction of sp³-hybridized carbons (Fsp3) is 0.733. The van der Waals surface area contributed by atoms with Gasteiger partial charge < -0.3 is 14.0 Å². The molecule has 1 fully saturated rings. The molecule has 4 heteroatoms. The summed E-state index contributed by atoms with van der Waals surface area (Å²) >= 11 is 0. The highest BCUT2D eigenvalue weighted by atomic mass is 28.4. The summed E-state index contributed by atoms with van der Waals surface area (Å²) in [5.74, 6) is 0.903. The van der Waals surface area contributed by atoms with Crippen molar-refractivity contribution in [2.45, 2.75) is 57.7 Å². The first-order valence-corrected chi connectivity index (χ1v) is 8.73. The predicted octanol–water partition coefficient (Wildman–Crippen LogP) is 3.51. The molecule has 19 heavy (non-hydrogen) atoms. The van der Waals surface area contributed by atoms with E-state index in [1.54, 1.807) is 6.08 Å². The van der Waals surface area contributed by atoms with Crippen LogP contribution in [0.15, 0.2) is 24.0 Å². The second-order valence-electron chi connectivity index (χ2n) is 7.67. The number of rotatable bonds is 0. The summed E-state index contributed by atoms with van der Waals surface area (Å²) in [6.07, 6.45) is 1.21. The average molecular weight is 282 g/mol. The van der Waals surface area contributed by atoms with Gasteiger partial charge in [-0.05, 0) is 11.6 Å². The van der Waals surface area contributed by atoms with Gasteiger partial charge in [-0.1, -0.05) is 48.1 Å². The minimum Gasteiger partial charge on any atom is -0.523 e. The van der Waals surface area contributed by atoms with Crippen molar-refractivity contribution < 1.29 is 14.0 Å². The lowest BCUT2D eigenvalue weighted by atomic mass is 10.0. The fourth-order valence-electron chi connectivity index (χ4n) is 3.32. The Kier molecular flexibility index (Phi) is 3.28. The summed E-state index contributed by atoms with van der Waals surface area (Å²) in [5, 5.41) is 9.84. The van der Waals surface area contributed by atoms with Crippen molar-refractivity contribution in [3.63, 3.8) is 0 Å². The van der Waals surface area contributed by atoms with Crippen molar-refractivity contribution >= 4 is 8.56 Å². The molecule has 1 aliphatic carbocycles. The maximum atomic E-state index is 9.91. The zero-order valence-electron chi connectivity index (χ0n) is 12.9. The van der Waals surface area contributed by atoms with E-state index in [1.165, 1.54) is 0 Å². The number of hydrogen-bond acceptors (Lipinski definition) is 3. The monoisotopic (exact) mass is 282 g/mol. The second kappa shape index (κ2) is 4.20. The molecule has 0 bridgehead atoms. The fourth-order valence-corrected chi connectivity index (χ4v) is 8.05. The Morgan fingerprint density at radius 1 is 1.21 bits per heavy atom. The van der Waals surface area contributed by atoms with Gasteiger partial charge in [0.15, 0.2) is 0 Å². The van der Waals surface area contributed by atoms with Crippen LogP contribution in [0.2, 0.25) is 10.1 Å². The number of aliphatic hydroxyl groups is 1. The molecule has 0 spiro atoms. The van der Waals surface area contributed by atoms with Gasteiger partial charge in [0.1, 0.15) is 0 Å². The lowest BCUT2D eigenvalue weighted by molar-refractivity contribution is 0.0907. The minimum absolute atomic E-state index is 0.0281. The highest BCUT2D eigenvalue weighted by Gasteiger charge is 2.63. The molecule has 0 aromatic carbocycles. The molecule has 2 aliphatic rings. The van der Waals surface area contributed by atoms with Crippen LogP contribution in [0.1, 0.15) is 41.5 Å². The van der Waals surface area contributed by atoms with E-state index in [9.17, 15) is 5.11 Å². The largest absolute Gasteiger partial charge is 0.523 e. The van der Waals surface area contributed by atoms with E-state index in [1.807, 2.05) is 0 Å². The molecule has 1 heterocycles. The maximum absolute atomic E-state index is 9.91. The molecule has 2 atom stereocenters. The Hall–Kier alpha value is -0.583. The van der Waals surface area contributed by atoms with Crippen molar-refractivity contribution in [2.75, 3.05) is 6.61 Å². The molecule has 3 nitrogen and oxygen atoms in total. The molecule has 1 N–H and O–H groups in total. The molecular weight excluding hydrogens is 256 g/mol. The molecule has 0 radical (unpaired) electrons. The van der Waals surface area contributed by atoms with Gasteiger partial charge in [0.2, 0.25) is 0 Å². The SMILES string of the molecule is C=C1[C@@H]2CO[Si](C(C)(C)C)(C(C)(C)C)OC2=C[C@H]1O. The van der Waals surface area contributed by atoms with Gasteiger partial charge in [0, 0.05) is 10.1 Å². The van der Waals surface area contributed by atoms with Crippen molar-refractivity contribution in [3.8, 4) is 0 Å². The Morgan fingerprint density at radius 3 is 2.21 bits per heavy atom. The van der Waals surface area contributed by atoms with Crippen LogP contribution in [0, 0.1) is 5.92 Å². The predicted molar refractivity (Wildman–Crippen MR) is 78.9 cm³/mol. The topological polar surface area (TPSA) is 38.7 Å². The van der Waals surface area contributed by atoms with Crippen molar-refractivity contribution in [2.24, 2.45) is 5.92 Å². The van der Waals surface area contributed by atoms with Crippen molar-refractivity contribution in [3.05, 3.63) is 24.0 Å². The third-order valence-corrected chi connectivity index (χ3v) is 9.23. The van der Waals surface area contributed by atoms with E-state index in [4.69, 9.17) is 8.85 Å². The number of hydrogen-bond donors (Lipinski definition) is 1. The summed E-state index contributed by atoms with van der Waals surface area (Å²) in [7, 11) is -2.45. The average Bonchev–Trinajstić information content (AvgIpc) is 2.51. The van der Waals surface area contributed by atoms with E-state index in [2.05, 4.69) is 48.1 Å². The quantitative estimate of drug-likeness (QED) is 0.546. The summed E-state index contributed by atoms with van der Waals surface area (Å²) in [5.41, 5.74) is 0.792. The van der Waals surface area contributed by atoms with Crippen LogP contribution in [0.3, 0.4) is 0 Å². The minimum atomic E-state index is -2.45. The first-order valence-electron chi connectivity index (χ1n) is 6.91. The zero-order chi connectivity index (χ0) is 14.6. The third-order valence-electron chi connectivity index (χ3n) is 4.18. The first kappa shape index (κ1) is 14.8. The Bertz CT molecular complexity index is 412. The van der Waals surface area contributed by atoms with E-state index in [0.717, 1.165) is 11.3 Å². The Morgan fingerprint density at radius 2 is 1.74 bits per heavy atom. The summed E-state index contributed by atoms with van der Waals surface area (Å²) in [4.78, 5) is 0. The van der Waals surface area contributed by atoms with Crippen LogP contribution in [-0.4, -0.2) is 26.4 Å². The molecule has 0 aromatic heterocycles. The standard InChI is InChI=1S/C15H26O3Si/c1-10-11-9-17-19(14(2,3)4,15(5,6)7)18-13(11)8-12(10)16/h8,11-12,16H,1,9H2,2-7H3/t11-,12+/m0/s1. The number of fused-ring (bicyclic) bond motifs is 1. The smallest absolute Gasteiger partial charge is 0.409 e. The van der Waals surface area contributed by atoms with Gasteiger partial charge in [-0.3, -0.25) is 0 Å². The second-order valence-corrected chi connectivity index (χ2v) is 12.4. The van der Waals surface area contributed by atoms with E-state index in [0.29, 0.717) is 6.61 Å². The molecule has 0 saturated carbocycles. The summed E-state index contributed by atoms with van der Waals surface area (Å²) in [6, 6.07) is 0. The van der Waals surface area contributed by atoms with Gasteiger partial charge in [-0.2, -0.15) is 0 Å². The number of aliphatic hydroxyl groups excluding tert-OH is 1. The summed E-state index contributed by atoms with van der Waals surface area (Å²) < 4.78 is 12.8. The van der Waals surface area contributed by atoms with Gasteiger partial charge in [0.25, 0.3) is 0 Å². The van der Waals surface area contributed by atoms with Gasteiger partial charge >= 0.3 is 8.56 Å². The van der Waals surface area contributed by atoms with Crippen LogP contribution < -0.4 is 0 Å². The molecule has 108 valence electrons. The van der Waals surface area contributed by atoms with Crippen LogP contribution in [0.4, 0.5) is 0 Å². The molecule has 0 amide bonds. The Balaban J connectivity index is 2.41. The van der Waals surface area contributed by atoms with Gasteiger partial charge in [-0.15, -0.1) is 0 Å². The van der Waals surface area contributed by atoms with Gasteiger partial charge in [-0.25, -0.2) is 0 Å². The lowest BCUT2D eigenvalue weighted by Crippen LogP contribution is -2.60. The maximum Gasteiger partial charge on any atom is 0.409 e. The molecule has 0 aromatic rings.